The van der Waals surface area contributed by atoms with Crippen molar-refractivity contribution in [1.82, 2.24) is 9.55 Å². The van der Waals surface area contributed by atoms with Gasteiger partial charge in [-0.05, 0) is 41.1 Å². The summed E-state index contributed by atoms with van der Waals surface area (Å²) in [6.07, 6.45) is 1.87. The molecule has 0 aliphatic heterocycles. The second kappa shape index (κ2) is 5.91. The maximum Gasteiger partial charge on any atom is 0.137 e. The number of benzene rings is 4. The third kappa shape index (κ3) is 2.05. The molecule has 0 saturated carbocycles. The van der Waals surface area contributed by atoms with Gasteiger partial charge in [0, 0.05) is 37.1 Å². The number of nitrogens with zero attached hydrogens (tertiary/aromatic N) is 2. The Morgan fingerprint density at radius 1 is 0.600 bits per heavy atom. The molecule has 3 heteroatoms. The molecule has 0 aliphatic carbocycles. The molecule has 0 unspecified atom stereocenters. The summed E-state index contributed by atoms with van der Waals surface area (Å²) in [5.74, 6) is 0.954. The first-order valence-electron chi connectivity index (χ1n) is 10.1. The van der Waals surface area contributed by atoms with Crippen LogP contribution in [0.25, 0.3) is 58.6 Å². The molecule has 0 N–H and O–H groups in total. The molecule has 2 nitrogen and oxygen atoms in total. The van der Waals surface area contributed by atoms with E-state index in [1.165, 1.54) is 52.8 Å². The van der Waals surface area contributed by atoms with E-state index in [4.69, 9.17) is 4.98 Å². The van der Waals surface area contributed by atoms with Gasteiger partial charge < -0.3 is 0 Å². The summed E-state index contributed by atoms with van der Waals surface area (Å²) in [4.78, 5) is 4.74. The van der Waals surface area contributed by atoms with Gasteiger partial charge in [-0.3, -0.25) is 4.57 Å². The lowest BCUT2D eigenvalue weighted by atomic mass is 10.0. The van der Waals surface area contributed by atoms with Gasteiger partial charge >= 0.3 is 0 Å². The monoisotopic (exact) mass is 400 g/mol. The van der Waals surface area contributed by atoms with Crippen molar-refractivity contribution in [2.75, 3.05) is 0 Å². The number of hydrogen-bond donors (Lipinski definition) is 0. The van der Waals surface area contributed by atoms with Crippen LogP contribution in [0.1, 0.15) is 0 Å². The van der Waals surface area contributed by atoms with E-state index in [1.807, 2.05) is 23.6 Å². The molecule has 0 bridgehead atoms. The van der Waals surface area contributed by atoms with E-state index in [9.17, 15) is 0 Å². The lowest BCUT2D eigenvalue weighted by molar-refractivity contribution is 1.08. The summed E-state index contributed by atoms with van der Waals surface area (Å²) in [7, 11) is 0. The summed E-state index contributed by atoms with van der Waals surface area (Å²) in [5, 5.41) is 7.76. The zero-order valence-corrected chi connectivity index (χ0v) is 16.9. The van der Waals surface area contributed by atoms with Crippen LogP contribution in [-0.2, 0) is 0 Å². The molecule has 140 valence electrons. The van der Waals surface area contributed by atoms with Crippen molar-refractivity contribution >= 4 is 64.1 Å². The molecule has 7 rings (SSSR count). The highest BCUT2D eigenvalue weighted by Crippen LogP contribution is 2.44. The standard InChI is InChI=1S/C27H16N2S/c1-2-8-18-17(7-1)12-14-21-25(18)20-13-15-23-26(19-9-3-4-10-22(19)30-23)27(20)29(21)24-11-5-6-16-28-24/h1-16H. The topological polar surface area (TPSA) is 17.8 Å². The highest BCUT2D eigenvalue weighted by atomic mass is 32.1. The largest absolute Gasteiger partial charge is 0.293 e. The van der Waals surface area contributed by atoms with Gasteiger partial charge in [0.05, 0.1) is 11.0 Å². The molecule has 0 radical (unpaired) electrons. The van der Waals surface area contributed by atoms with Crippen LogP contribution in [-0.4, -0.2) is 9.55 Å². The Labute approximate surface area is 176 Å². The van der Waals surface area contributed by atoms with Crippen LogP contribution in [0.15, 0.2) is 97.2 Å². The number of aromatic nitrogens is 2. The second-order valence-corrected chi connectivity index (χ2v) is 8.72. The maximum atomic E-state index is 4.74. The summed E-state index contributed by atoms with van der Waals surface area (Å²) >= 11 is 1.86. The number of thiophene rings is 1. The Hall–Kier alpha value is -3.69. The Balaban J connectivity index is 1.84. The minimum Gasteiger partial charge on any atom is -0.293 e. The van der Waals surface area contributed by atoms with Crippen LogP contribution >= 0.6 is 11.3 Å². The van der Waals surface area contributed by atoms with Crippen LogP contribution in [0.4, 0.5) is 0 Å². The molecular weight excluding hydrogens is 384 g/mol. The van der Waals surface area contributed by atoms with Crippen LogP contribution < -0.4 is 0 Å². The zero-order valence-electron chi connectivity index (χ0n) is 16.0. The molecule has 0 atom stereocenters. The quantitative estimate of drug-likeness (QED) is 0.276. The van der Waals surface area contributed by atoms with Crippen LogP contribution in [0, 0.1) is 0 Å². The first-order valence-corrected chi connectivity index (χ1v) is 10.9. The molecular formula is C27H16N2S. The summed E-state index contributed by atoms with van der Waals surface area (Å²) in [6, 6.07) is 32.6. The molecule has 3 heterocycles. The fraction of sp³-hybridized carbons (Fsp3) is 0. The molecule has 0 spiro atoms. The summed E-state index contributed by atoms with van der Waals surface area (Å²) < 4.78 is 4.98. The summed E-state index contributed by atoms with van der Waals surface area (Å²) in [5.41, 5.74) is 2.44. The molecule has 30 heavy (non-hydrogen) atoms. The number of fused-ring (bicyclic) bond motifs is 9. The van der Waals surface area contributed by atoms with Gasteiger partial charge in [0.2, 0.25) is 0 Å². The predicted octanol–water partition coefficient (Wildman–Crippen LogP) is 7.70. The zero-order chi connectivity index (χ0) is 19.7. The van der Waals surface area contributed by atoms with E-state index < -0.39 is 0 Å². The molecule has 0 saturated heterocycles. The number of hydrogen-bond acceptors (Lipinski definition) is 2. The van der Waals surface area contributed by atoms with Crippen molar-refractivity contribution in [3.05, 3.63) is 97.2 Å². The van der Waals surface area contributed by atoms with Crippen molar-refractivity contribution in [2.24, 2.45) is 0 Å². The molecule has 0 aliphatic rings. The Morgan fingerprint density at radius 3 is 2.33 bits per heavy atom. The van der Waals surface area contributed by atoms with E-state index in [0.717, 1.165) is 5.82 Å². The molecule has 4 aromatic carbocycles. The van der Waals surface area contributed by atoms with Crippen molar-refractivity contribution in [3.63, 3.8) is 0 Å². The van der Waals surface area contributed by atoms with Crippen LogP contribution in [0.2, 0.25) is 0 Å². The molecule has 7 aromatic rings. The van der Waals surface area contributed by atoms with E-state index in [1.54, 1.807) is 0 Å². The van der Waals surface area contributed by atoms with E-state index in [2.05, 4.69) is 89.5 Å². The van der Waals surface area contributed by atoms with Crippen LogP contribution in [0.3, 0.4) is 0 Å². The minimum atomic E-state index is 0.954. The van der Waals surface area contributed by atoms with E-state index in [0.29, 0.717) is 0 Å². The molecule has 0 fully saturated rings. The maximum absolute atomic E-state index is 4.74. The average Bonchev–Trinajstić information content (AvgIpc) is 3.35. The van der Waals surface area contributed by atoms with Crippen molar-refractivity contribution in [1.29, 1.82) is 0 Å². The van der Waals surface area contributed by atoms with E-state index in [-0.39, 0.29) is 0 Å². The Bertz CT molecular complexity index is 1730. The van der Waals surface area contributed by atoms with Crippen molar-refractivity contribution < 1.29 is 0 Å². The lowest BCUT2D eigenvalue weighted by Gasteiger charge is -2.08. The SMILES string of the molecule is c1ccc(-n2c3ccc4ccccc4c3c3ccc4sc5ccccc5c4c32)nc1. The fourth-order valence-electron chi connectivity index (χ4n) is 4.81. The normalized spacial score (nSPS) is 12.0. The smallest absolute Gasteiger partial charge is 0.137 e. The molecule has 0 amide bonds. The van der Waals surface area contributed by atoms with Gasteiger partial charge in [-0.1, -0.05) is 60.7 Å². The molecule has 3 aromatic heterocycles. The first-order chi connectivity index (χ1) is 14.9. The minimum absolute atomic E-state index is 0.954. The first kappa shape index (κ1) is 16.1. The second-order valence-electron chi connectivity index (χ2n) is 7.64. The predicted molar refractivity (Wildman–Crippen MR) is 129 cm³/mol. The third-order valence-corrected chi connectivity index (χ3v) is 7.17. The van der Waals surface area contributed by atoms with Crippen LogP contribution in [0.5, 0.6) is 0 Å². The highest BCUT2D eigenvalue weighted by Gasteiger charge is 2.19. The fourth-order valence-corrected chi connectivity index (χ4v) is 5.91. The van der Waals surface area contributed by atoms with Gasteiger partial charge in [-0.15, -0.1) is 11.3 Å². The average molecular weight is 401 g/mol. The number of pyridine rings is 1. The van der Waals surface area contributed by atoms with Gasteiger partial charge in [0.15, 0.2) is 0 Å². The van der Waals surface area contributed by atoms with Gasteiger partial charge in [0.1, 0.15) is 5.82 Å². The third-order valence-electron chi connectivity index (χ3n) is 6.04. The Morgan fingerprint density at radius 2 is 1.43 bits per heavy atom. The Kier molecular flexibility index (Phi) is 3.18. The van der Waals surface area contributed by atoms with Crippen molar-refractivity contribution in [2.45, 2.75) is 0 Å². The number of rotatable bonds is 1. The summed E-state index contributed by atoms with van der Waals surface area (Å²) in [6.45, 7) is 0. The highest BCUT2D eigenvalue weighted by molar-refractivity contribution is 7.26. The van der Waals surface area contributed by atoms with Gasteiger partial charge in [0.25, 0.3) is 0 Å². The van der Waals surface area contributed by atoms with Gasteiger partial charge in [-0.25, -0.2) is 4.98 Å². The lowest BCUT2D eigenvalue weighted by Crippen LogP contribution is -1.96. The van der Waals surface area contributed by atoms with Crippen molar-refractivity contribution in [3.8, 4) is 5.82 Å². The van der Waals surface area contributed by atoms with Gasteiger partial charge in [-0.2, -0.15) is 0 Å². The van der Waals surface area contributed by atoms with E-state index >= 15 is 0 Å².